The monoisotopic (exact) mass is 318 g/mol. The number of hydrogen-bond donors (Lipinski definition) is 2. The first kappa shape index (κ1) is 15.5. The molecule has 122 valence electrons. The van der Waals surface area contributed by atoms with E-state index >= 15 is 0 Å². The van der Waals surface area contributed by atoms with Gasteiger partial charge in [0.25, 0.3) is 0 Å². The zero-order valence-corrected chi connectivity index (χ0v) is 13.1. The van der Waals surface area contributed by atoms with Gasteiger partial charge < -0.3 is 15.0 Å². The third-order valence-corrected chi connectivity index (χ3v) is 4.75. The van der Waals surface area contributed by atoms with Gasteiger partial charge in [-0.15, -0.1) is 0 Å². The molecule has 3 rings (SSSR count). The Bertz CT molecular complexity index is 798. The van der Waals surface area contributed by atoms with Crippen molar-refractivity contribution in [2.45, 2.75) is 26.7 Å². The Kier molecular flexibility index (Phi) is 3.62. The Morgan fingerprint density at radius 1 is 1.43 bits per heavy atom. The third kappa shape index (κ3) is 2.69. The molecule has 1 fully saturated rings. The number of halogens is 1. The molecular weight excluding hydrogens is 299 g/mol. The van der Waals surface area contributed by atoms with Crippen LogP contribution >= 0.6 is 0 Å². The minimum Gasteiger partial charge on any atom is -0.481 e. The minimum atomic E-state index is -0.878. The summed E-state index contributed by atoms with van der Waals surface area (Å²) >= 11 is 0. The number of aliphatic carboxylic acids is 1. The Labute approximate surface area is 133 Å². The average molecular weight is 318 g/mol. The largest absolute Gasteiger partial charge is 0.481 e. The summed E-state index contributed by atoms with van der Waals surface area (Å²) in [5.74, 6) is -1.34. The zero-order chi connectivity index (χ0) is 16.8. The van der Waals surface area contributed by atoms with E-state index < -0.39 is 11.4 Å². The van der Waals surface area contributed by atoms with Gasteiger partial charge in [0.2, 0.25) is 5.91 Å². The quantitative estimate of drug-likeness (QED) is 0.913. The van der Waals surface area contributed by atoms with E-state index in [-0.39, 0.29) is 24.7 Å². The lowest BCUT2D eigenvalue weighted by atomic mass is 9.90. The lowest BCUT2D eigenvalue weighted by molar-refractivity contribution is -0.147. The number of carboxylic acid groups (broad SMARTS) is 1. The lowest BCUT2D eigenvalue weighted by Gasteiger charge is -2.20. The molecule has 6 heteroatoms. The summed E-state index contributed by atoms with van der Waals surface area (Å²) in [4.78, 5) is 28.6. The topological polar surface area (TPSA) is 73.4 Å². The van der Waals surface area contributed by atoms with Crippen LogP contribution in [0.4, 0.5) is 4.39 Å². The number of nitrogens with one attached hydrogen (secondary N) is 1. The molecular formula is C17H19FN2O3. The molecule has 23 heavy (non-hydrogen) atoms. The number of aromatic amines is 1. The Balaban J connectivity index is 1.83. The van der Waals surface area contributed by atoms with Crippen LogP contribution in [0.15, 0.2) is 18.2 Å². The number of carbonyl (C=O) groups excluding carboxylic acids is 1. The summed E-state index contributed by atoms with van der Waals surface area (Å²) < 4.78 is 13.5. The van der Waals surface area contributed by atoms with Crippen LogP contribution in [-0.4, -0.2) is 40.0 Å². The van der Waals surface area contributed by atoms with Crippen LogP contribution in [0.5, 0.6) is 0 Å². The predicted octanol–water partition coefficient (Wildman–Crippen LogP) is 2.48. The summed E-state index contributed by atoms with van der Waals surface area (Å²) in [6, 6.07) is 4.46. The molecule has 2 aromatic rings. The van der Waals surface area contributed by atoms with Crippen LogP contribution in [0, 0.1) is 18.2 Å². The molecule has 0 unspecified atom stereocenters. The summed E-state index contributed by atoms with van der Waals surface area (Å²) in [5, 5.41) is 9.96. The second-order valence-electron chi connectivity index (χ2n) is 6.53. The van der Waals surface area contributed by atoms with E-state index in [2.05, 4.69) is 4.98 Å². The SMILES string of the molecule is Cc1[nH]c2ccc(F)cc2c1CC(=O)N1CC[C@@](C)(C(=O)O)C1. The summed E-state index contributed by atoms with van der Waals surface area (Å²) in [5.41, 5.74) is 1.52. The van der Waals surface area contributed by atoms with Crippen LogP contribution in [0.25, 0.3) is 10.9 Å². The van der Waals surface area contributed by atoms with Crippen LogP contribution in [0.2, 0.25) is 0 Å². The molecule has 1 amide bonds. The molecule has 5 nitrogen and oxygen atoms in total. The molecule has 1 aliphatic heterocycles. The number of carbonyl (C=O) groups is 2. The summed E-state index contributed by atoms with van der Waals surface area (Å²) in [6.45, 7) is 4.18. The van der Waals surface area contributed by atoms with E-state index in [1.54, 1.807) is 17.9 Å². The van der Waals surface area contributed by atoms with Crippen molar-refractivity contribution in [2.75, 3.05) is 13.1 Å². The Hall–Kier alpha value is -2.37. The molecule has 2 N–H and O–H groups in total. The number of H-pyrrole nitrogens is 1. The maximum atomic E-state index is 13.5. The molecule has 0 aliphatic carbocycles. The van der Waals surface area contributed by atoms with Gasteiger partial charge in [-0.25, -0.2) is 4.39 Å². The lowest BCUT2D eigenvalue weighted by Crippen LogP contribution is -2.35. The van der Waals surface area contributed by atoms with Crippen molar-refractivity contribution in [3.8, 4) is 0 Å². The van der Waals surface area contributed by atoms with Crippen molar-refractivity contribution in [1.29, 1.82) is 0 Å². The minimum absolute atomic E-state index is 0.122. The molecule has 2 heterocycles. The Morgan fingerprint density at radius 2 is 2.17 bits per heavy atom. The number of aryl methyl sites for hydroxylation is 1. The maximum absolute atomic E-state index is 13.5. The van der Waals surface area contributed by atoms with Crippen molar-refractivity contribution in [3.05, 3.63) is 35.3 Å². The van der Waals surface area contributed by atoms with E-state index in [0.29, 0.717) is 18.4 Å². The molecule has 1 aliphatic rings. The normalized spacial score (nSPS) is 21.1. The molecule has 1 atom stereocenters. The van der Waals surface area contributed by atoms with Crippen molar-refractivity contribution in [2.24, 2.45) is 5.41 Å². The number of amides is 1. The fourth-order valence-corrected chi connectivity index (χ4v) is 3.19. The number of carboxylic acids is 1. The van der Waals surface area contributed by atoms with Crippen LogP contribution < -0.4 is 0 Å². The van der Waals surface area contributed by atoms with Gasteiger partial charge in [0.15, 0.2) is 0 Å². The van der Waals surface area contributed by atoms with E-state index in [9.17, 15) is 19.1 Å². The highest BCUT2D eigenvalue weighted by molar-refractivity contribution is 5.90. The van der Waals surface area contributed by atoms with Gasteiger partial charge in [0.05, 0.1) is 11.8 Å². The number of fused-ring (bicyclic) bond motifs is 1. The highest BCUT2D eigenvalue weighted by atomic mass is 19.1. The number of likely N-dealkylation sites (tertiary alicyclic amines) is 1. The van der Waals surface area contributed by atoms with E-state index in [1.165, 1.54) is 12.1 Å². The fraction of sp³-hybridized carbons (Fsp3) is 0.412. The first-order chi connectivity index (χ1) is 10.8. The smallest absolute Gasteiger partial charge is 0.311 e. The summed E-state index contributed by atoms with van der Waals surface area (Å²) in [7, 11) is 0. The maximum Gasteiger partial charge on any atom is 0.311 e. The van der Waals surface area contributed by atoms with Crippen molar-refractivity contribution >= 4 is 22.8 Å². The molecule has 0 spiro atoms. The summed E-state index contributed by atoms with van der Waals surface area (Å²) in [6.07, 6.45) is 0.598. The third-order valence-electron chi connectivity index (χ3n) is 4.75. The van der Waals surface area contributed by atoms with Crippen LogP contribution in [0.3, 0.4) is 0 Å². The zero-order valence-electron chi connectivity index (χ0n) is 13.1. The van der Waals surface area contributed by atoms with Gasteiger partial charge >= 0.3 is 5.97 Å². The molecule has 1 saturated heterocycles. The average Bonchev–Trinajstić information content (AvgIpc) is 3.02. The second kappa shape index (κ2) is 5.37. The number of aromatic nitrogens is 1. The van der Waals surface area contributed by atoms with Crippen LogP contribution in [0.1, 0.15) is 24.6 Å². The van der Waals surface area contributed by atoms with Crippen LogP contribution in [-0.2, 0) is 16.0 Å². The van der Waals surface area contributed by atoms with Gasteiger partial charge in [0, 0.05) is 29.7 Å². The molecule has 0 radical (unpaired) electrons. The van der Waals surface area contributed by atoms with E-state index in [0.717, 1.165) is 16.8 Å². The van der Waals surface area contributed by atoms with Crippen molar-refractivity contribution in [1.82, 2.24) is 9.88 Å². The van der Waals surface area contributed by atoms with Crippen molar-refractivity contribution < 1.29 is 19.1 Å². The van der Waals surface area contributed by atoms with Gasteiger partial charge in [-0.2, -0.15) is 0 Å². The number of rotatable bonds is 3. The highest BCUT2D eigenvalue weighted by Crippen LogP contribution is 2.31. The van der Waals surface area contributed by atoms with Gasteiger partial charge in [-0.05, 0) is 44.0 Å². The molecule has 0 bridgehead atoms. The number of benzene rings is 1. The fourth-order valence-electron chi connectivity index (χ4n) is 3.19. The first-order valence-corrected chi connectivity index (χ1v) is 7.58. The molecule has 1 aromatic heterocycles. The van der Waals surface area contributed by atoms with Gasteiger partial charge in [-0.3, -0.25) is 9.59 Å². The second-order valence-corrected chi connectivity index (χ2v) is 6.53. The van der Waals surface area contributed by atoms with E-state index in [4.69, 9.17) is 0 Å². The highest BCUT2D eigenvalue weighted by Gasteiger charge is 2.42. The van der Waals surface area contributed by atoms with E-state index in [1.807, 2.05) is 6.92 Å². The van der Waals surface area contributed by atoms with Crippen molar-refractivity contribution in [3.63, 3.8) is 0 Å². The standard InChI is InChI=1S/C17H19FN2O3/c1-10-12(13-7-11(18)3-4-14(13)19-10)8-15(21)20-6-5-17(2,9-20)16(22)23/h3-4,7,19H,5-6,8-9H2,1-2H3,(H,22,23)/t17-/m1/s1. The van der Waals surface area contributed by atoms with Gasteiger partial charge in [0.1, 0.15) is 5.82 Å². The number of nitrogens with zero attached hydrogens (tertiary/aromatic N) is 1. The first-order valence-electron chi connectivity index (χ1n) is 7.58. The Morgan fingerprint density at radius 3 is 2.83 bits per heavy atom. The molecule has 1 aromatic carbocycles. The van der Waals surface area contributed by atoms with Gasteiger partial charge in [-0.1, -0.05) is 0 Å². The predicted molar refractivity (Wildman–Crippen MR) is 83.6 cm³/mol. The molecule has 0 saturated carbocycles. The number of hydrogen-bond acceptors (Lipinski definition) is 2.